The van der Waals surface area contributed by atoms with Crippen LogP contribution >= 0.6 is 0 Å². The number of hydrogen-bond acceptors (Lipinski definition) is 3. The molecule has 102 valence electrons. The zero-order chi connectivity index (χ0) is 13.0. The van der Waals surface area contributed by atoms with Crippen LogP contribution in [0.4, 0.5) is 0 Å². The van der Waals surface area contributed by atoms with Gasteiger partial charge in [0, 0.05) is 26.1 Å². The SMILES string of the molecule is CCC1NC(=O)CCN(CC2CCCOC2)C1=O. The molecule has 0 aromatic rings. The van der Waals surface area contributed by atoms with E-state index in [2.05, 4.69) is 5.32 Å². The molecule has 0 radical (unpaired) electrons. The monoisotopic (exact) mass is 254 g/mol. The van der Waals surface area contributed by atoms with Gasteiger partial charge in [0.2, 0.25) is 11.8 Å². The molecular weight excluding hydrogens is 232 g/mol. The van der Waals surface area contributed by atoms with Crippen molar-refractivity contribution in [2.24, 2.45) is 5.92 Å². The molecular formula is C13H22N2O3. The number of nitrogens with one attached hydrogen (secondary N) is 1. The van der Waals surface area contributed by atoms with Crippen LogP contribution in [0.5, 0.6) is 0 Å². The maximum atomic E-state index is 12.3. The number of carbonyl (C=O) groups is 2. The van der Waals surface area contributed by atoms with Crippen LogP contribution in [0.25, 0.3) is 0 Å². The van der Waals surface area contributed by atoms with Crippen LogP contribution in [0.1, 0.15) is 32.6 Å². The third kappa shape index (κ3) is 3.22. The first-order valence-electron chi connectivity index (χ1n) is 6.86. The van der Waals surface area contributed by atoms with Crippen LogP contribution in [0.3, 0.4) is 0 Å². The minimum atomic E-state index is -0.343. The second kappa shape index (κ2) is 6.18. The van der Waals surface area contributed by atoms with E-state index in [0.29, 0.717) is 25.3 Å². The Morgan fingerprint density at radius 2 is 2.28 bits per heavy atom. The van der Waals surface area contributed by atoms with Crippen molar-refractivity contribution >= 4 is 11.8 Å². The van der Waals surface area contributed by atoms with Crippen LogP contribution in [0, 0.1) is 5.92 Å². The fourth-order valence-corrected chi connectivity index (χ4v) is 2.62. The summed E-state index contributed by atoms with van der Waals surface area (Å²) < 4.78 is 5.44. The van der Waals surface area contributed by atoms with Gasteiger partial charge < -0.3 is 15.0 Å². The molecule has 0 saturated carbocycles. The molecule has 5 heteroatoms. The van der Waals surface area contributed by atoms with Gasteiger partial charge in [0.1, 0.15) is 6.04 Å². The molecule has 5 nitrogen and oxygen atoms in total. The number of rotatable bonds is 3. The standard InChI is InChI=1S/C13H22N2O3/c1-2-11-13(17)15(6-5-12(16)14-11)8-10-4-3-7-18-9-10/h10-11H,2-9H2,1H3,(H,14,16). The van der Waals surface area contributed by atoms with Gasteiger partial charge in [-0.3, -0.25) is 9.59 Å². The summed E-state index contributed by atoms with van der Waals surface area (Å²) in [7, 11) is 0. The van der Waals surface area contributed by atoms with Gasteiger partial charge in [-0.15, -0.1) is 0 Å². The van der Waals surface area contributed by atoms with Gasteiger partial charge in [-0.25, -0.2) is 0 Å². The topological polar surface area (TPSA) is 58.6 Å². The Balaban J connectivity index is 1.96. The van der Waals surface area contributed by atoms with Crippen molar-refractivity contribution in [3.8, 4) is 0 Å². The van der Waals surface area contributed by atoms with Crippen molar-refractivity contribution < 1.29 is 14.3 Å². The van der Waals surface area contributed by atoms with Crippen LogP contribution in [-0.2, 0) is 14.3 Å². The molecule has 0 spiro atoms. The Morgan fingerprint density at radius 3 is 2.94 bits per heavy atom. The lowest BCUT2D eigenvalue weighted by molar-refractivity contribution is -0.134. The van der Waals surface area contributed by atoms with Gasteiger partial charge in [-0.1, -0.05) is 6.92 Å². The van der Waals surface area contributed by atoms with Crippen LogP contribution < -0.4 is 5.32 Å². The Hall–Kier alpha value is -1.10. The summed E-state index contributed by atoms with van der Waals surface area (Å²) in [6.07, 6.45) is 3.25. The molecule has 2 unspecified atom stereocenters. The lowest BCUT2D eigenvalue weighted by atomic mass is 10.0. The first kappa shape index (κ1) is 13.3. The average Bonchev–Trinajstić information content (AvgIpc) is 2.53. The normalized spacial score (nSPS) is 29.9. The van der Waals surface area contributed by atoms with Crippen molar-refractivity contribution in [3.05, 3.63) is 0 Å². The molecule has 2 aliphatic rings. The molecule has 2 heterocycles. The summed E-state index contributed by atoms with van der Waals surface area (Å²) in [6.45, 7) is 4.77. The van der Waals surface area contributed by atoms with Gasteiger partial charge in [0.25, 0.3) is 0 Å². The van der Waals surface area contributed by atoms with Crippen molar-refractivity contribution in [2.45, 2.75) is 38.6 Å². The maximum absolute atomic E-state index is 12.3. The number of ether oxygens (including phenoxy) is 1. The molecule has 2 aliphatic heterocycles. The van der Waals surface area contributed by atoms with Crippen LogP contribution in [0.15, 0.2) is 0 Å². The van der Waals surface area contributed by atoms with Gasteiger partial charge in [-0.05, 0) is 25.2 Å². The summed E-state index contributed by atoms with van der Waals surface area (Å²) in [5.41, 5.74) is 0. The zero-order valence-corrected chi connectivity index (χ0v) is 11.0. The predicted molar refractivity (Wildman–Crippen MR) is 67.0 cm³/mol. The highest BCUT2D eigenvalue weighted by atomic mass is 16.5. The third-order valence-corrected chi connectivity index (χ3v) is 3.70. The van der Waals surface area contributed by atoms with E-state index < -0.39 is 0 Å². The summed E-state index contributed by atoms with van der Waals surface area (Å²) in [6, 6.07) is -0.343. The minimum absolute atomic E-state index is 0.0161. The van der Waals surface area contributed by atoms with Gasteiger partial charge in [0.05, 0.1) is 6.61 Å². The van der Waals surface area contributed by atoms with Crippen molar-refractivity contribution in [3.63, 3.8) is 0 Å². The van der Waals surface area contributed by atoms with E-state index in [1.165, 1.54) is 0 Å². The van der Waals surface area contributed by atoms with E-state index >= 15 is 0 Å². The molecule has 0 aliphatic carbocycles. The zero-order valence-electron chi connectivity index (χ0n) is 11.0. The fraction of sp³-hybridized carbons (Fsp3) is 0.846. The first-order chi connectivity index (χ1) is 8.70. The molecule has 2 atom stereocenters. The van der Waals surface area contributed by atoms with E-state index in [-0.39, 0.29) is 17.9 Å². The van der Waals surface area contributed by atoms with E-state index in [1.54, 1.807) is 0 Å². The molecule has 2 fully saturated rings. The molecule has 2 rings (SSSR count). The van der Waals surface area contributed by atoms with Crippen LogP contribution in [-0.4, -0.2) is 49.1 Å². The van der Waals surface area contributed by atoms with E-state index in [0.717, 1.165) is 32.6 Å². The van der Waals surface area contributed by atoms with Crippen molar-refractivity contribution in [2.75, 3.05) is 26.3 Å². The Labute approximate surface area is 108 Å². The van der Waals surface area contributed by atoms with Crippen molar-refractivity contribution in [1.82, 2.24) is 10.2 Å². The minimum Gasteiger partial charge on any atom is -0.381 e. The van der Waals surface area contributed by atoms with Gasteiger partial charge in [-0.2, -0.15) is 0 Å². The molecule has 1 N–H and O–H groups in total. The van der Waals surface area contributed by atoms with Gasteiger partial charge >= 0.3 is 0 Å². The highest BCUT2D eigenvalue weighted by Gasteiger charge is 2.30. The van der Waals surface area contributed by atoms with E-state index in [9.17, 15) is 9.59 Å². The Kier molecular flexibility index (Phi) is 4.58. The fourth-order valence-electron chi connectivity index (χ4n) is 2.62. The van der Waals surface area contributed by atoms with E-state index in [1.807, 2.05) is 11.8 Å². The second-order valence-corrected chi connectivity index (χ2v) is 5.15. The Morgan fingerprint density at radius 1 is 1.44 bits per heavy atom. The molecule has 2 saturated heterocycles. The summed E-state index contributed by atoms with van der Waals surface area (Å²) in [5.74, 6) is 0.472. The number of hydrogen-bond donors (Lipinski definition) is 1. The van der Waals surface area contributed by atoms with Crippen LogP contribution in [0.2, 0.25) is 0 Å². The molecule has 2 amide bonds. The highest BCUT2D eigenvalue weighted by molar-refractivity contribution is 5.89. The smallest absolute Gasteiger partial charge is 0.245 e. The molecule has 0 aromatic heterocycles. The number of carbonyl (C=O) groups excluding carboxylic acids is 2. The second-order valence-electron chi connectivity index (χ2n) is 5.15. The summed E-state index contributed by atoms with van der Waals surface area (Å²) in [4.78, 5) is 25.6. The number of nitrogens with zero attached hydrogens (tertiary/aromatic N) is 1. The summed E-state index contributed by atoms with van der Waals surface area (Å²) in [5, 5.41) is 2.78. The molecule has 0 bridgehead atoms. The average molecular weight is 254 g/mol. The quantitative estimate of drug-likeness (QED) is 0.799. The lowest BCUT2D eigenvalue weighted by Gasteiger charge is -2.30. The van der Waals surface area contributed by atoms with Crippen molar-refractivity contribution in [1.29, 1.82) is 0 Å². The summed E-state index contributed by atoms with van der Waals surface area (Å²) >= 11 is 0. The molecule has 18 heavy (non-hydrogen) atoms. The largest absolute Gasteiger partial charge is 0.381 e. The van der Waals surface area contributed by atoms with E-state index in [4.69, 9.17) is 4.74 Å². The predicted octanol–water partition coefficient (Wildman–Crippen LogP) is 0.540. The first-order valence-corrected chi connectivity index (χ1v) is 6.86. The molecule has 0 aromatic carbocycles. The number of amides is 2. The lowest BCUT2D eigenvalue weighted by Crippen LogP contribution is -2.46. The Bertz CT molecular complexity index is 313. The van der Waals surface area contributed by atoms with Gasteiger partial charge in [0.15, 0.2) is 0 Å². The highest BCUT2D eigenvalue weighted by Crippen LogP contribution is 2.17. The third-order valence-electron chi connectivity index (χ3n) is 3.70. The maximum Gasteiger partial charge on any atom is 0.245 e.